The van der Waals surface area contributed by atoms with Gasteiger partial charge in [-0.05, 0) is 42.3 Å². The third kappa shape index (κ3) is 5.62. The highest BCUT2D eigenvalue weighted by atomic mass is 35.5. The third-order valence-corrected chi connectivity index (χ3v) is 7.84. The van der Waals surface area contributed by atoms with Gasteiger partial charge in [-0.1, -0.05) is 29.3 Å². The van der Waals surface area contributed by atoms with Crippen molar-refractivity contribution in [1.82, 2.24) is 4.72 Å². The lowest BCUT2D eigenvalue weighted by molar-refractivity contribution is -0.117. The van der Waals surface area contributed by atoms with Gasteiger partial charge < -0.3 is 9.64 Å². The third-order valence-electron chi connectivity index (χ3n) is 4.62. The van der Waals surface area contributed by atoms with Crippen LogP contribution in [0.1, 0.15) is 18.4 Å². The Balaban J connectivity index is 1.59. The number of nitrogens with one attached hydrogen (secondary N) is 1. The van der Waals surface area contributed by atoms with Crippen molar-refractivity contribution >= 4 is 56.6 Å². The SMILES string of the molecule is COc1ccc(S(=O)(=O)NCCSCc2ccc(Cl)c(Cl)c2)cc1N1CCCC1=O. The Hall–Kier alpha value is -1.45. The molecule has 0 spiro atoms. The van der Waals surface area contributed by atoms with E-state index in [1.165, 1.54) is 19.2 Å². The van der Waals surface area contributed by atoms with E-state index in [2.05, 4.69) is 4.72 Å². The Morgan fingerprint density at radius 1 is 1.17 bits per heavy atom. The standard InChI is InChI=1S/C20H22Cl2N2O4S2/c1-28-19-7-5-15(12-18(19)24-9-2-3-20(24)25)30(26,27)23-8-10-29-13-14-4-6-16(21)17(22)11-14/h4-7,11-12,23H,2-3,8-10,13H2,1H3. The zero-order valence-corrected chi connectivity index (χ0v) is 19.5. The molecule has 0 aliphatic carbocycles. The fourth-order valence-electron chi connectivity index (χ4n) is 3.10. The first-order valence-corrected chi connectivity index (χ1v) is 12.7. The molecule has 6 nitrogen and oxygen atoms in total. The average molecular weight is 489 g/mol. The molecule has 1 N–H and O–H groups in total. The van der Waals surface area contributed by atoms with Crippen molar-refractivity contribution in [3.8, 4) is 5.75 Å². The van der Waals surface area contributed by atoms with Gasteiger partial charge in [0.2, 0.25) is 15.9 Å². The molecule has 1 saturated heterocycles. The molecule has 10 heteroatoms. The number of hydrogen-bond donors (Lipinski definition) is 1. The van der Waals surface area contributed by atoms with Crippen LogP contribution >= 0.6 is 35.0 Å². The fraction of sp³-hybridized carbons (Fsp3) is 0.350. The zero-order valence-electron chi connectivity index (χ0n) is 16.4. The summed E-state index contributed by atoms with van der Waals surface area (Å²) in [6.45, 7) is 0.829. The van der Waals surface area contributed by atoms with Crippen LogP contribution in [-0.4, -0.2) is 40.3 Å². The molecule has 1 fully saturated rings. The first-order valence-electron chi connectivity index (χ1n) is 9.31. The van der Waals surface area contributed by atoms with Gasteiger partial charge in [0, 0.05) is 31.0 Å². The first-order chi connectivity index (χ1) is 14.3. The summed E-state index contributed by atoms with van der Waals surface area (Å²) in [4.78, 5) is 13.8. The van der Waals surface area contributed by atoms with Gasteiger partial charge in [0.15, 0.2) is 0 Å². The number of methoxy groups -OCH3 is 1. The predicted octanol–water partition coefficient (Wildman–Crippen LogP) is 4.34. The molecular weight excluding hydrogens is 467 g/mol. The molecule has 0 atom stereocenters. The van der Waals surface area contributed by atoms with E-state index in [0.717, 1.165) is 12.0 Å². The fourth-order valence-corrected chi connectivity index (χ4v) is 5.41. The molecule has 2 aromatic rings. The number of hydrogen-bond acceptors (Lipinski definition) is 5. The van der Waals surface area contributed by atoms with Crippen LogP contribution in [0.5, 0.6) is 5.75 Å². The number of thioether (sulfide) groups is 1. The van der Waals surface area contributed by atoms with Crippen molar-refractivity contribution in [2.24, 2.45) is 0 Å². The van der Waals surface area contributed by atoms with Crippen molar-refractivity contribution in [1.29, 1.82) is 0 Å². The molecule has 2 aromatic carbocycles. The number of anilines is 1. The highest BCUT2D eigenvalue weighted by molar-refractivity contribution is 7.98. The Bertz CT molecular complexity index is 1030. The Morgan fingerprint density at radius 2 is 1.97 bits per heavy atom. The number of rotatable bonds is 9. The molecule has 0 unspecified atom stereocenters. The van der Waals surface area contributed by atoms with Gasteiger partial charge in [0.1, 0.15) is 5.75 Å². The van der Waals surface area contributed by atoms with Crippen LogP contribution in [0.25, 0.3) is 0 Å². The lowest BCUT2D eigenvalue weighted by atomic mass is 10.2. The zero-order chi connectivity index (χ0) is 21.7. The van der Waals surface area contributed by atoms with E-state index in [1.54, 1.807) is 34.9 Å². The lowest BCUT2D eigenvalue weighted by Gasteiger charge is -2.20. The van der Waals surface area contributed by atoms with Gasteiger partial charge in [-0.25, -0.2) is 13.1 Å². The molecule has 1 aliphatic rings. The van der Waals surface area contributed by atoms with E-state index >= 15 is 0 Å². The monoisotopic (exact) mass is 488 g/mol. The molecule has 0 saturated carbocycles. The van der Waals surface area contributed by atoms with Crippen molar-refractivity contribution in [3.63, 3.8) is 0 Å². The predicted molar refractivity (Wildman–Crippen MR) is 122 cm³/mol. The van der Waals surface area contributed by atoms with Crippen molar-refractivity contribution < 1.29 is 17.9 Å². The normalized spacial score (nSPS) is 14.4. The summed E-state index contributed by atoms with van der Waals surface area (Å²) in [6, 6.07) is 9.99. The lowest BCUT2D eigenvalue weighted by Crippen LogP contribution is -2.27. The number of benzene rings is 2. The number of carbonyl (C=O) groups excluding carboxylic acids is 1. The Kier molecular flexibility index (Phi) is 7.92. The molecular formula is C20H22Cl2N2O4S2. The molecule has 3 rings (SSSR count). The van der Waals surface area contributed by atoms with E-state index in [1.807, 2.05) is 6.07 Å². The number of carbonyl (C=O) groups is 1. The first kappa shape index (κ1) is 23.2. The van der Waals surface area contributed by atoms with E-state index < -0.39 is 10.0 Å². The second-order valence-electron chi connectivity index (χ2n) is 6.68. The molecule has 0 radical (unpaired) electrons. The van der Waals surface area contributed by atoms with Crippen LogP contribution in [0.4, 0.5) is 5.69 Å². The second kappa shape index (κ2) is 10.2. The highest BCUT2D eigenvalue weighted by Gasteiger charge is 2.26. The molecule has 1 amide bonds. The summed E-state index contributed by atoms with van der Waals surface area (Å²) in [6.07, 6.45) is 1.20. The smallest absolute Gasteiger partial charge is 0.240 e. The number of ether oxygens (including phenoxy) is 1. The number of nitrogens with zero attached hydrogens (tertiary/aromatic N) is 1. The van der Waals surface area contributed by atoms with Crippen molar-refractivity contribution in [2.75, 3.05) is 30.9 Å². The number of sulfonamides is 1. The minimum atomic E-state index is -3.71. The summed E-state index contributed by atoms with van der Waals surface area (Å²) in [5.41, 5.74) is 1.50. The number of halogens is 2. The average Bonchev–Trinajstić information content (AvgIpc) is 3.15. The minimum absolute atomic E-state index is 0.0329. The van der Waals surface area contributed by atoms with E-state index in [0.29, 0.717) is 46.0 Å². The quantitative estimate of drug-likeness (QED) is 0.531. The van der Waals surface area contributed by atoms with Crippen LogP contribution in [0, 0.1) is 0 Å². The van der Waals surface area contributed by atoms with Crippen molar-refractivity contribution in [3.05, 3.63) is 52.0 Å². The molecule has 1 heterocycles. The summed E-state index contributed by atoms with van der Waals surface area (Å²) >= 11 is 13.5. The van der Waals surface area contributed by atoms with E-state index in [4.69, 9.17) is 27.9 Å². The van der Waals surface area contributed by atoms with Crippen LogP contribution < -0.4 is 14.4 Å². The van der Waals surface area contributed by atoms with Gasteiger partial charge in [0.25, 0.3) is 0 Å². The highest BCUT2D eigenvalue weighted by Crippen LogP contribution is 2.33. The summed E-state index contributed by atoms with van der Waals surface area (Å²) < 4.78 is 33.3. The largest absolute Gasteiger partial charge is 0.495 e. The Morgan fingerprint density at radius 3 is 2.63 bits per heavy atom. The Labute approximate surface area is 190 Å². The summed E-state index contributed by atoms with van der Waals surface area (Å²) in [5, 5.41) is 1.01. The van der Waals surface area contributed by atoms with Crippen LogP contribution in [-0.2, 0) is 20.6 Å². The summed E-state index contributed by atoms with van der Waals surface area (Å²) in [7, 11) is -2.21. The molecule has 0 bridgehead atoms. The van der Waals surface area contributed by atoms with Gasteiger partial charge in [-0.2, -0.15) is 11.8 Å². The van der Waals surface area contributed by atoms with E-state index in [-0.39, 0.29) is 17.3 Å². The van der Waals surface area contributed by atoms with Gasteiger partial charge in [0.05, 0.1) is 27.7 Å². The molecule has 162 valence electrons. The van der Waals surface area contributed by atoms with Crippen LogP contribution in [0.2, 0.25) is 10.0 Å². The van der Waals surface area contributed by atoms with Crippen LogP contribution in [0.3, 0.4) is 0 Å². The van der Waals surface area contributed by atoms with Gasteiger partial charge >= 0.3 is 0 Å². The molecule has 0 aromatic heterocycles. The van der Waals surface area contributed by atoms with Crippen molar-refractivity contribution in [2.45, 2.75) is 23.5 Å². The maximum atomic E-state index is 12.7. The van der Waals surface area contributed by atoms with Gasteiger partial charge in [-0.15, -0.1) is 0 Å². The minimum Gasteiger partial charge on any atom is -0.495 e. The van der Waals surface area contributed by atoms with E-state index in [9.17, 15) is 13.2 Å². The second-order valence-corrected chi connectivity index (χ2v) is 10.4. The maximum absolute atomic E-state index is 12.7. The molecule has 1 aliphatic heterocycles. The van der Waals surface area contributed by atoms with Crippen LogP contribution in [0.15, 0.2) is 41.3 Å². The maximum Gasteiger partial charge on any atom is 0.240 e. The topological polar surface area (TPSA) is 75.7 Å². The van der Waals surface area contributed by atoms with Gasteiger partial charge in [-0.3, -0.25) is 4.79 Å². The summed E-state index contributed by atoms with van der Waals surface area (Å²) in [5.74, 6) is 1.73. The molecule has 30 heavy (non-hydrogen) atoms. The number of amides is 1.